The van der Waals surface area contributed by atoms with Crippen LogP contribution in [0.1, 0.15) is 24.9 Å². The molecule has 3 N–H and O–H groups in total. The molecule has 1 aromatic rings. The van der Waals surface area contributed by atoms with E-state index in [4.69, 9.17) is 10.5 Å². The molecule has 0 saturated heterocycles. The predicted octanol–water partition coefficient (Wildman–Crippen LogP) is 2.46. The number of hydrogen-bond donors (Lipinski definition) is 2. The first-order valence-electron chi connectivity index (χ1n) is 5.46. The number of rotatable bonds is 6. The summed E-state index contributed by atoms with van der Waals surface area (Å²) in [5.41, 5.74) is 6.69. The Labute approximate surface area is 105 Å². The van der Waals surface area contributed by atoms with Crippen molar-refractivity contribution in [3.05, 3.63) is 28.2 Å². The number of nitrogens with one attached hydrogen (secondary N) is 1. The molecule has 0 bridgehead atoms. The van der Waals surface area contributed by atoms with Gasteiger partial charge in [-0.3, -0.25) is 0 Å². The van der Waals surface area contributed by atoms with Gasteiger partial charge in [0.15, 0.2) is 0 Å². The molecular weight excluding hydrogens is 268 g/mol. The summed E-state index contributed by atoms with van der Waals surface area (Å²) >= 11 is 3.48. The summed E-state index contributed by atoms with van der Waals surface area (Å²) in [4.78, 5) is 0. The van der Waals surface area contributed by atoms with Crippen LogP contribution in [0.15, 0.2) is 22.7 Å². The first-order chi connectivity index (χ1) is 7.69. The van der Waals surface area contributed by atoms with Crippen molar-refractivity contribution in [3.8, 4) is 5.75 Å². The molecule has 1 aromatic carbocycles. The third kappa shape index (κ3) is 3.77. The van der Waals surface area contributed by atoms with Crippen molar-refractivity contribution in [1.82, 2.24) is 5.32 Å². The summed E-state index contributed by atoms with van der Waals surface area (Å²) in [5.74, 6) is 0.859. The van der Waals surface area contributed by atoms with Crippen LogP contribution in [0.2, 0.25) is 0 Å². The molecule has 0 aliphatic rings. The lowest BCUT2D eigenvalue weighted by atomic mass is 10.1. The van der Waals surface area contributed by atoms with Crippen LogP contribution in [-0.2, 0) is 0 Å². The van der Waals surface area contributed by atoms with E-state index in [0.717, 1.165) is 29.7 Å². The normalized spacial score (nSPS) is 12.5. The van der Waals surface area contributed by atoms with Gasteiger partial charge in [0.2, 0.25) is 0 Å². The monoisotopic (exact) mass is 286 g/mol. The van der Waals surface area contributed by atoms with Crippen LogP contribution in [0.25, 0.3) is 0 Å². The zero-order chi connectivity index (χ0) is 12.0. The Morgan fingerprint density at radius 2 is 2.25 bits per heavy atom. The Bertz CT molecular complexity index is 331. The highest BCUT2D eigenvalue weighted by atomic mass is 79.9. The van der Waals surface area contributed by atoms with Crippen LogP contribution in [-0.4, -0.2) is 20.2 Å². The SMILES string of the molecule is COc1ccc(C(C)NCCCN)cc1Br. The van der Waals surface area contributed by atoms with Gasteiger partial charge in [-0.1, -0.05) is 6.07 Å². The van der Waals surface area contributed by atoms with Crippen molar-refractivity contribution in [2.45, 2.75) is 19.4 Å². The smallest absolute Gasteiger partial charge is 0.133 e. The molecule has 1 atom stereocenters. The first-order valence-corrected chi connectivity index (χ1v) is 6.25. The topological polar surface area (TPSA) is 47.3 Å². The molecular formula is C12H19BrN2O. The van der Waals surface area contributed by atoms with Gasteiger partial charge in [0.1, 0.15) is 5.75 Å². The molecule has 0 aromatic heterocycles. The summed E-state index contributed by atoms with van der Waals surface area (Å²) in [7, 11) is 1.67. The fourth-order valence-corrected chi connectivity index (χ4v) is 2.05. The minimum atomic E-state index is 0.328. The summed E-state index contributed by atoms with van der Waals surface area (Å²) in [5, 5.41) is 3.42. The molecule has 0 aliphatic heterocycles. The number of halogens is 1. The fourth-order valence-electron chi connectivity index (χ4n) is 1.49. The van der Waals surface area contributed by atoms with E-state index in [1.165, 1.54) is 5.56 Å². The lowest BCUT2D eigenvalue weighted by Gasteiger charge is -2.15. The highest BCUT2D eigenvalue weighted by Gasteiger charge is 2.07. The maximum atomic E-state index is 5.45. The van der Waals surface area contributed by atoms with Crippen LogP contribution in [0.3, 0.4) is 0 Å². The van der Waals surface area contributed by atoms with Gasteiger partial charge in [0, 0.05) is 6.04 Å². The average molecular weight is 287 g/mol. The lowest BCUT2D eigenvalue weighted by Crippen LogP contribution is -2.21. The quantitative estimate of drug-likeness (QED) is 0.790. The predicted molar refractivity (Wildman–Crippen MR) is 70.8 cm³/mol. The Morgan fingerprint density at radius 3 is 2.81 bits per heavy atom. The molecule has 1 unspecified atom stereocenters. The molecule has 0 fully saturated rings. The van der Waals surface area contributed by atoms with Gasteiger partial charge >= 0.3 is 0 Å². The van der Waals surface area contributed by atoms with Crippen LogP contribution in [0.5, 0.6) is 5.75 Å². The van der Waals surface area contributed by atoms with Crippen LogP contribution in [0.4, 0.5) is 0 Å². The van der Waals surface area contributed by atoms with E-state index in [9.17, 15) is 0 Å². The maximum Gasteiger partial charge on any atom is 0.133 e. The first kappa shape index (κ1) is 13.5. The summed E-state index contributed by atoms with van der Waals surface area (Å²) in [6.07, 6.45) is 1.00. The minimum Gasteiger partial charge on any atom is -0.496 e. The molecule has 90 valence electrons. The third-order valence-electron chi connectivity index (χ3n) is 2.51. The van der Waals surface area contributed by atoms with Crippen LogP contribution >= 0.6 is 15.9 Å². The second-order valence-corrected chi connectivity index (χ2v) is 4.57. The zero-order valence-corrected chi connectivity index (χ0v) is 11.4. The average Bonchev–Trinajstić information content (AvgIpc) is 2.29. The molecule has 0 amide bonds. The van der Waals surface area contributed by atoms with Gasteiger partial charge in [-0.25, -0.2) is 0 Å². The molecule has 4 heteroatoms. The second-order valence-electron chi connectivity index (χ2n) is 3.71. The Hall–Kier alpha value is -0.580. The largest absolute Gasteiger partial charge is 0.496 e. The van der Waals surface area contributed by atoms with Crippen molar-refractivity contribution >= 4 is 15.9 Å². The minimum absolute atomic E-state index is 0.328. The number of methoxy groups -OCH3 is 1. The van der Waals surface area contributed by atoms with Crippen LogP contribution in [0, 0.1) is 0 Å². The molecule has 0 heterocycles. The van der Waals surface area contributed by atoms with Crippen molar-refractivity contribution < 1.29 is 4.74 Å². The van der Waals surface area contributed by atoms with Crippen molar-refractivity contribution in [2.75, 3.05) is 20.2 Å². The number of ether oxygens (including phenoxy) is 1. The maximum absolute atomic E-state index is 5.45. The number of hydrogen-bond acceptors (Lipinski definition) is 3. The van der Waals surface area contributed by atoms with Gasteiger partial charge in [0.25, 0.3) is 0 Å². The van der Waals surface area contributed by atoms with Crippen molar-refractivity contribution in [3.63, 3.8) is 0 Å². The lowest BCUT2D eigenvalue weighted by molar-refractivity contribution is 0.411. The molecule has 16 heavy (non-hydrogen) atoms. The highest BCUT2D eigenvalue weighted by molar-refractivity contribution is 9.10. The molecule has 0 saturated carbocycles. The zero-order valence-electron chi connectivity index (χ0n) is 9.79. The summed E-state index contributed by atoms with van der Waals surface area (Å²) in [6.45, 7) is 3.82. The molecule has 1 rings (SSSR count). The molecule has 0 spiro atoms. The van der Waals surface area contributed by atoms with E-state index >= 15 is 0 Å². The Kier molecular flexibility index (Phi) is 5.80. The van der Waals surface area contributed by atoms with Gasteiger partial charge in [-0.15, -0.1) is 0 Å². The summed E-state index contributed by atoms with van der Waals surface area (Å²) < 4.78 is 6.18. The van der Waals surface area contributed by atoms with E-state index in [2.05, 4.69) is 40.3 Å². The van der Waals surface area contributed by atoms with E-state index in [0.29, 0.717) is 6.04 Å². The molecule has 3 nitrogen and oxygen atoms in total. The Balaban J connectivity index is 2.62. The highest BCUT2D eigenvalue weighted by Crippen LogP contribution is 2.27. The van der Waals surface area contributed by atoms with Crippen LogP contribution < -0.4 is 15.8 Å². The van der Waals surface area contributed by atoms with E-state index in [1.807, 2.05) is 6.07 Å². The third-order valence-corrected chi connectivity index (χ3v) is 3.13. The standard InChI is InChI=1S/C12H19BrN2O/c1-9(15-7-3-6-14)10-4-5-12(16-2)11(13)8-10/h4-5,8-9,15H,3,6-7,14H2,1-2H3. The van der Waals surface area contributed by atoms with E-state index in [-0.39, 0.29) is 0 Å². The van der Waals surface area contributed by atoms with Crippen molar-refractivity contribution in [1.29, 1.82) is 0 Å². The van der Waals surface area contributed by atoms with Crippen molar-refractivity contribution in [2.24, 2.45) is 5.73 Å². The molecule has 0 aliphatic carbocycles. The number of nitrogens with two attached hydrogens (primary N) is 1. The van der Waals surface area contributed by atoms with Gasteiger partial charge in [-0.05, 0) is 60.1 Å². The summed E-state index contributed by atoms with van der Waals surface area (Å²) in [6, 6.07) is 6.46. The number of benzene rings is 1. The van der Waals surface area contributed by atoms with E-state index in [1.54, 1.807) is 7.11 Å². The van der Waals surface area contributed by atoms with E-state index < -0.39 is 0 Å². The molecule has 0 radical (unpaired) electrons. The Morgan fingerprint density at radius 1 is 1.50 bits per heavy atom. The fraction of sp³-hybridized carbons (Fsp3) is 0.500. The second kappa shape index (κ2) is 6.89. The van der Waals surface area contributed by atoms with Gasteiger partial charge < -0.3 is 15.8 Å². The van der Waals surface area contributed by atoms with Gasteiger partial charge in [0.05, 0.1) is 11.6 Å². The van der Waals surface area contributed by atoms with Gasteiger partial charge in [-0.2, -0.15) is 0 Å².